The molecule has 1 saturated carbocycles. The summed E-state index contributed by atoms with van der Waals surface area (Å²) >= 11 is 0. The highest BCUT2D eigenvalue weighted by Crippen LogP contribution is 2.40. The lowest BCUT2D eigenvalue weighted by atomic mass is 10.0. The first kappa shape index (κ1) is 25.9. The Morgan fingerprint density at radius 3 is 2.72 bits per heavy atom. The molecule has 0 spiro atoms. The predicted octanol–water partition coefficient (Wildman–Crippen LogP) is 5.53. The number of carbonyl (C=O) groups is 1. The molecule has 4 aromatic heterocycles. The SMILES string of the molecule is Cc1c(Cc2ccc3ccccc3n2)c2cc(F)ccc2n1CC(=O)NC1C[C@@H]2CN(c3ncnc4cc[nH]c34)C[C@@H]2C1. The van der Waals surface area contributed by atoms with Crippen LogP contribution in [-0.4, -0.2) is 49.5 Å². The average Bonchev–Trinajstić information content (AvgIpc) is 3.77. The van der Waals surface area contributed by atoms with Crippen LogP contribution in [0.3, 0.4) is 0 Å². The largest absolute Gasteiger partial charge is 0.357 e. The van der Waals surface area contributed by atoms with E-state index in [0.717, 1.165) is 81.5 Å². The van der Waals surface area contributed by atoms with Crippen molar-refractivity contribution in [2.75, 3.05) is 18.0 Å². The van der Waals surface area contributed by atoms with Crippen LogP contribution >= 0.6 is 0 Å². The maximum atomic E-state index is 14.4. The molecule has 0 bridgehead atoms. The first-order valence-electron chi connectivity index (χ1n) is 14.9. The zero-order valence-corrected chi connectivity index (χ0v) is 23.9. The van der Waals surface area contributed by atoms with Gasteiger partial charge in [0.25, 0.3) is 0 Å². The molecule has 216 valence electrons. The van der Waals surface area contributed by atoms with Crippen LogP contribution in [0.5, 0.6) is 0 Å². The summed E-state index contributed by atoms with van der Waals surface area (Å²) < 4.78 is 16.5. The molecule has 2 N–H and O–H groups in total. The van der Waals surface area contributed by atoms with E-state index in [2.05, 4.69) is 31.2 Å². The van der Waals surface area contributed by atoms with Gasteiger partial charge in [0.2, 0.25) is 5.91 Å². The van der Waals surface area contributed by atoms with Crippen molar-refractivity contribution >= 4 is 44.6 Å². The number of anilines is 1. The van der Waals surface area contributed by atoms with Crippen molar-refractivity contribution in [3.63, 3.8) is 0 Å². The number of carbonyl (C=O) groups excluding carboxylic acids is 1. The summed E-state index contributed by atoms with van der Waals surface area (Å²) in [5.74, 6) is 1.70. The van der Waals surface area contributed by atoms with Crippen LogP contribution in [-0.2, 0) is 17.8 Å². The van der Waals surface area contributed by atoms with Crippen molar-refractivity contribution in [3.05, 3.63) is 96.0 Å². The number of halogens is 1. The van der Waals surface area contributed by atoms with Gasteiger partial charge >= 0.3 is 0 Å². The van der Waals surface area contributed by atoms with E-state index in [1.54, 1.807) is 18.5 Å². The molecule has 1 aliphatic carbocycles. The Kier molecular flexibility index (Phi) is 6.13. The summed E-state index contributed by atoms with van der Waals surface area (Å²) in [5, 5.41) is 5.24. The number of hydrogen-bond donors (Lipinski definition) is 2. The van der Waals surface area contributed by atoms with Gasteiger partial charge in [-0.1, -0.05) is 24.3 Å². The van der Waals surface area contributed by atoms with Crippen LogP contribution in [0.25, 0.3) is 32.8 Å². The summed E-state index contributed by atoms with van der Waals surface area (Å²) in [4.78, 5) is 32.8. The van der Waals surface area contributed by atoms with E-state index in [4.69, 9.17) is 4.98 Å². The molecule has 5 heterocycles. The number of H-pyrrole nitrogens is 1. The Labute approximate surface area is 248 Å². The zero-order valence-electron chi connectivity index (χ0n) is 23.9. The number of aromatic amines is 1. The van der Waals surface area contributed by atoms with Crippen LogP contribution in [0, 0.1) is 24.6 Å². The Hall–Kier alpha value is -4.79. The van der Waals surface area contributed by atoms with Crippen LogP contribution in [0.15, 0.2) is 73.2 Å². The number of benzene rings is 2. The third-order valence-electron chi connectivity index (χ3n) is 9.47. The number of amides is 1. The Bertz CT molecular complexity index is 2000. The monoisotopic (exact) mass is 573 g/mol. The van der Waals surface area contributed by atoms with Crippen LogP contribution < -0.4 is 10.2 Å². The molecule has 6 aromatic rings. The number of nitrogens with zero attached hydrogens (tertiary/aromatic N) is 5. The lowest BCUT2D eigenvalue weighted by Gasteiger charge is -2.21. The van der Waals surface area contributed by atoms with Crippen molar-refractivity contribution in [1.29, 1.82) is 0 Å². The van der Waals surface area contributed by atoms with E-state index < -0.39 is 0 Å². The van der Waals surface area contributed by atoms with Gasteiger partial charge in [0, 0.05) is 59.4 Å². The maximum absolute atomic E-state index is 14.4. The first-order chi connectivity index (χ1) is 21.0. The molecule has 0 radical (unpaired) electrons. The van der Waals surface area contributed by atoms with Crippen LogP contribution in [0.4, 0.5) is 10.2 Å². The highest BCUT2D eigenvalue weighted by Gasteiger charge is 2.42. The smallest absolute Gasteiger partial charge is 0.240 e. The Balaban J connectivity index is 0.977. The fraction of sp³-hybridized carbons (Fsp3) is 0.294. The topological polar surface area (TPSA) is 91.7 Å². The summed E-state index contributed by atoms with van der Waals surface area (Å²) in [6.45, 7) is 4.08. The predicted molar refractivity (Wildman–Crippen MR) is 165 cm³/mol. The lowest BCUT2D eigenvalue weighted by Crippen LogP contribution is -2.37. The summed E-state index contributed by atoms with van der Waals surface area (Å²) in [6.07, 6.45) is 6.02. The minimum absolute atomic E-state index is 0.00886. The molecule has 3 atom stereocenters. The van der Waals surface area contributed by atoms with E-state index in [9.17, 15) is 9.18 Å². The average molecular weight is 574 g/mol. The molecule has 1 unspecified atom stereocenters. The fourth-order valence-corrected chi connectivity index (χ4v) is 7.44. The summed E-state index contributed by atoms with van der Waals surface area (Å²) in [5.41, 5.74) is 6.60. The van der Waals surface area contributed by atoms with E-state index in [0.29, 0.717) is 18.3 Å². The van der Waals surface area contributed by atoms with Gasteiger partial charge in [0.05, 0.1) is 11.0 Å². The molecule has 43 heavy (non-hydrogen) atoms. The molecule has 1 saturated heterocycles. The van der Waals surface area contributed by atoms with E-state index >= 15 is 0 Å². The zero-order chi connectivity index (χ0) is 29.1. The fourth-order valence-electron chi connectivity index (χ4n) is 7.44. The molecule has 8 nitrogen and oxygen atoms in total. The van der Waals surface area contributed by atoms with E-state index in [1.807, 2.05) is 54.1 Å². The third kappa shape index (κ3) is 4.59. The number of para-hydroxylation sites is 1. The molecule has 8 rings (SSSR count). The quantitative estimate of drug-likeness (QED) is 0.273. The molecule has 2 fully saturated rings. The lowest BCUT2D eigenvalue weighted by molar-refractivity contribution is -0.122. The summed E-state index contributed by atoms with van der Waals surface area (Å²) in [6, 6.07) is 19.1. The number of nitrogens with one attached hydrogen (secondary N) is 2. The van der Waals surface area contributed by atoms with Gasteiger partial charge in [-0.3, -0.25) is 9.78 Å². The minimum Gasteiger partial charge on any atom is -0.357 e. The van der Waals surface area contributed by atoms with Crippen molar-refractivity contribution in [3.8, 4) is 0 Å². The van der Waals surface area contributed by atoms with Gasteiger partial charge in [-0.2, -0.15) is 0 Å². The van der Waals surface area contributed by atoms with Crippen molar-refractivity contribution in [2.45, 2.75) is 38.8 Å². The molecular weight excluding hydrogens is 541 g/mol. The number of fused-ring (bicyclic) bond motifs is 4. The molecule has 2 aliphatic rings. The van der Waals surface area contributed by atoms with Crippen LogP contribution in [0.2, 0.25) is 0 Å². The Morgan fingerprint density at radius 2 is 1.86 bits per heavy atom. The Morgan fingerprint density at radius 1 is 1.02 bits per heavy atom. The molecule has 2 aromatic carbocycles. The van der Waals surface area contributed by atoms with Gasteiger partial charge in [0.15, 0.2) is 5.82 Å². The van der Waals surface area contributed by atoms with Gasteiger partial charge in [-0.05, 0) is 73.6 Å². The highest BCUT2D eigenvalue weighted by atomic mass is 19.1. The van der Waals surface area contributed by atoms with Crippen molar-refractivity contribution in [2.24, 2.45) is 11.8 Å². The molecule has 1 aliphatic heterocycles. The number of rotatable bonds is 6. The van der Waals surface area contributed by atoms with E-state index in [1.165, 1.54) is 6.07 Å². The van der Waals surface area contributed by atoms with E-state index in [-0.39, 0.29) is 24.3 Å². The van der Waals surface area contributed by atoms with Crippen LogP contribution in [0.1, 0.15) is 29.8 Å². The van der Waals surface area contributed by atoms with Gasteiger partial charge in [-0.25, -0.2) is 14.4 Å². The number of hydrogen-bond acceptors (Lipinski definition) is 5. The standard InChI is InChI=1S/C34H32FN7O/c1-20-27(15-25-8-6-21-4-2-3-5-29(21)39-25)28-14-24(35)7-9-31(28)42(20)18-32(43)40-26-12-22-16-41(17-23(22)13-26)34-33-30(10-11-36-33)37-19-38-34/h2-11,14,19,22-23,26,36H,12-13,15-18H2,1H3,(H,40,43)/t22-,23+,26?. The third-order valence-corrected chi connectivity index (χ3v) is 9.47. The molecule has 1 amide bonds. The first-order valence-corrected chi connectivity index (χ1v) is 14.9. The normalized spacial score (nSPS) is 20.0. The van der Waals surface area contributed by atoms with Crippen molar-refractivity contribution < 1.29 is 9.18 Å². The maximum Gasteiger partial charge on any atom is 0.240 e. The number of aromatic nitrogens is 5. The van der Waals surface area contributed by atoms with Gasteiger partial charge in [-0.15, -0.1) is 0 Å². The van der Waals surface area contributed by atoms with Crippen molar-refractivity contribution in [1.82, 2.24) is 29.8 Å². The molecule has 9 heteroatoms. The summed E-state index contributed by atoms with van der Waals surface area (Å²) in [7, 11) is 0. The number of pyridine rings is 1. The van der Waals surface area contributed by atoms with Gasteiger partial charge < -0.3 is 19.8 Å². The van der Waals surface area contributed by atoms with Gasteiger partial charge in [0.1, 0.15) is 24.2 Å². The second-order valence-electron chi connectivity index (χ2n) is 12.1. The minimum atomic E-state index is -0.285. The molecular formula is C34H32FN7O. The highest BCUT2D eigenvalue weighted by molar-refractivity contribution is 5.88. The second-order valence-corrected chi connectivity index (χ2v) is 12.1. The second kappa shape index (κ2) is 10.2.